The van der Waals surface area contributed by atoms with Crippen LogP contribution in [0.2, 0.25) is 0 Å². The third-order valence-corrected chi connectivity index (χ3v) is 4.38. The number of aryl methyl sites for hydroxylation is 2. The van der Waals surface area contributed by atoms with Crippen LogP contribution < -0.4 is 23.5 Å². The fraction of sp³-hybridized carbons (Fsp3) is 0.438. The van der Waals surface area contributed by atoms with Crippen LogP contribution in [0, 0.1) is 24.1 Å². The van der Waals surface area contributed by atoms with Gasteiger partial charge in [-0.05, 0) is 38.0 Å². The van der Waals surface area contributed by atoms with Gasteiger partial charge in [0.2, 0.25) is 17.2 Å². The first-order valence-corrected chi connectivity index (χ1v) is 9.11. The largest absolute Gasteiger partial charge is 0.346 e. The van der Waals surface area contributed by atoms with Crippen LogP contribution in [0.4, 0.5) is 16.2 Å². The maximum absolute atomic E-state index is 11.9. The fourth-order valence-electron chi connectivity index (χ4n) is 2.97. The highest BCUT2D eigenvalue weighted by Crippen LogP contribution is 2.35. The Morgan fingerprint density at radius 3 is 2.23 bits per heavy atom. The summed E-state index contributed by atoms with van der Waals surface area (Å²) in [5.41, 5.74) is 5.93. The third-order valence-electron chi connectivity index (χ3n) is 4.38. The molecule has 2 amide bonds. The zero-order chi connectivity index (χ0) is 19.8. The molecule has 2 heterocycles. The average Bonchev–Trinajstić information content (AvgIpc) is 2.51. The second-order valence-electron chi connectivity index (χ2n) is 6.13. The van der Waals surface area contributed by atoms with Crippen LogP contribution in [0.3, 0.4) is 0 Å². The first-order chi connectivity index (χ1) is 11.9. The van der Waals surface area contributed by atoms with E-state index in [0.717, 1.165) is 23.8 Å². The van der Waals surface area contributed by atoms with Gasteiger partial charge >= 0.3 is 6.03 Å². The molecule has 1 aromatic rings. The summed E-state index contributed by atoms with van der Waals surface area (Å²) in [6.45, 7) is 7.84. The lowest BCUT2D eigenvalue weighted by Gasteiger charge is -2.32. The van der Waals surface area contributed by atoms with Crippen molar-refractivity contribution in [3.8, 4) is 0 Å². The van der Waals surface area contributed by atoms with Crippen molar-refractivity contribution in [2.45, 2.75) is 20.8 Å². The number of carbonyl (C=O) groups excluding carboxylic acids is 1. The lowest BCUT2D eigenvalue weighted by molar-refractivity contribution is -2.00. The van der Waals surface area contributed by atoms with Crippen LogP contribution >= 0.6 is 0 Å². The first kappa shape index (κ1) is 20.3. The molecule has 3 rings (SSSR count). The summed E-state index contributed by atoms with van der Waals surface area (Å²) < 4.78 is 36.2. The summed E-state index contributed by atoms with van der Waals surface area (Å²) in [6, 6.07) is 4.23. The molecule has 1 aromatic carbocycles. The van der Waals surface area contributed by atoms with Crippen LogP contribution in [0.1, 0.15) is 18.1 Å². The van der Waals surface area contributed by atoms with E-state index < -0.39 is 10.2 Å². The maximum atomic E-state index is 11.9. The van der Waals surface area contributed by atoms with E-state index in [1.807, 2.05) is 11.9 Å². The summed E-state index contributed by atoms with van der Waals surface area (Å²) in [5.74, 6) is 0.774. The molecule has 0 bridgehead atoms. The zero-order valence-corrected chi connectivity index (χ0v) is 16.0. The molecule has 0 radical (unpaired) electrons. The van der Waals surface area contributed by atoms with Gasteiger partial charge in [0, 0.05) is 20.2 Å². The van der Waals surface area contributed by atoms with E-state index in [1.165, 1.54) is 16.8 Å². The molecule has 9 nitrogen and oxygen atoms in total. The predicted octanol–water partition coefficient (Wildman–Crippen LogP) is -2.43. The van der Waals surface area contributed by atoms with Crippen molar-refractivity contribution in [1.82, 2.24) is 4.90 Å². The Kier molecular flexibility index (Phi) is 5.69. The molecule has 0 fully saturated rings. The quantitative estimate of drug-likeness (QED) is 0.494. The van der Waals surface area contributed by atoms with Gasteiger partial charge in [0.1, 0.15) is 18.8 Å². The zero-order valence-electron chi connectivity index (χ0n) is 15.3. The molecule has 2 aliphatic heterocycles. The smallest absolute Gasteiger partial charge is 0.318 e. The molecule has 0 aliphatic carbocycles. The summed E-state index contributed by atoms with van der Waals surface area (Å²) in [7, 11) is -1.17. The SMILES string of the molecule is CC[N+]1=C2CN(C)C(=O)N=C2N(C)c2cc(C)c(C)cc21.[O-][Cl+3]([O-])([O-])[O-]. The van der Waals surface area contributed by atoms with Crippen molar-refractivity contribution in [3.05, 3.63) is 23.3 Å². The van der Waals surface area contributed by atoms with Gasteiger partial charge in [0.15, 0.2) is 0 Å². The number of hydrogen-bond donors (Lipinski definition) is 0. The molecule has 2 aliphatic rings. The van der Waals surface area contributed by atoms with Gasteiger partial charge < -0.3 is 9.80 Å². The van der Waals surface area contributed by atoms with Gasteiger partial charge in [-0.1, -0.05) is 0 Å². The van der Waals surface area contributed by atoms with E-state index >= 15 is 0 Å². The number of carbonyl (C=O) groups is 1. The van der Waals surface area contributed by atoms with Crippen molar-refractivity contribution in [3.63, 3.8) is 0 Å². The highest BCUT2D eigenvalue weighted by Gasteiger charge is 2.39. The summed E-state index contributed by atoms with van der Waals surface area (Å²) in [6.07, 6.45) is 0. The number of fused-ring (bicyclic) bond motifs is 2. The van der Waals surface area contributed by atoms with Gasteiger partial charge in [-0.25, -0.2) is 23.4 Å². The Hall–Kier alpha value is -2.04. The second kappa shape index (κ2) is 7.29. The molecule has 0 saturated heterocycles. The number of urea groups is 1. The fourth-order valence-corrected chi connectivity index (χ4v) is 2.97. The van der Waals surface area contributed by atoms with Crippen LogP contribution in [-0.4, -0.2) is 54.2 Å². The van der Waals surface area contributed by atoms with Crippen LogP contribution in [-0.2, 0) is 0 Å². The number of amides is 2. The monoisotopic (exact) mass is 384 g/mol. The first-order valence-electron chi connectivity index (χ1n) is 7.88. The van der Waals surface area contributed by atoms with E-state index in [0.29, 0.717) is 6.54 Å². The Morgan fingerprint density at radius 2 is 1.69 bits per heavy atom. The summed E-state index contributed by atoms with van der Waals surface area (Å²) in [5, 5.41) is 0. The average molecular weight is 385 g/mol. The maximum Gasteiger partial charge on any atom is 0.346 e. The van der Waals surface area contributed by atoms with Crippen molar-refractivity contribution in [2.24, 2.45) is 4.99 Å². The number of amidine groups is 1. The molecule has 142 valence electrons. The molecule has 0 unspecified atom stereocenters. The number of anilines is 1. The topological polar surface area (TPSA) is 131 Å². The lowest BCUT2D eigenvalue weighted by Crippen LogP contribution is -2.68. The minimum atomic E-state index is -4.94. The Bertz CT molecular complexity index is 795. The Balaban J connectivity index is 0.000000431. The van der Waals surface area contributed by atoms with Gasteiger partial charge in [0.05, 0.1) is 0 Å². The molecular weight excluding hydrogens is 364 g/mol. The molecule has 0 spiro atoms. The van der Waals surface area contributed by atoms with Crippen LogP contribution in [0.25, 0.3) is 0 Å². The van der Waals surface area contributed by atoms with E-state index in [-0.39, 0.29) is 6.03 Å². The van der Waals surface area contributed by atoms with Gasteiger partial charge in [-0.3, -0.25) is 0 Å². The number of hydrogen-bond acceptors (Lipinski definition) is 6. The lowest BCUT2D eigenvalue weighted by atomic mass is 10.0. The number of rotatable bonds is 1. The number of nitrogens with zero attached hydrogens (tertiary/aromatic N) is 4. The van der Waals surface area contributed by atoms with Crippen molar-refractivity contribution in [1.29, 1.82) is 0 Å². The second-order valence-corrected chi connectivity index (χ2v) is 6.88. The van der Waals surface area contributed by atoms with E-state index in [4.69, 9.17) is 18.6 Å². The molecule has 0 saturated carbocycles. The third kappa shape index (κ3) is 4.19. The number of halogens is 1. The summed E-state index contributed by atoms with van der Waals surface area (Å²) in [4.78, 5) is 19.9. The highest BCUT2D eigenvalue weighted by atomic mass is 35.7. The molecule has 10 heteroatoms. The Labute approximate surface area is 153 Å². The summed E-state index contributed by atoms with van der Waals surface area (Å²) >= 11 is 0. The van der Waals surface area contributed by atoms with Crippen molar-refractivity contribution < 1.29 is 38.2 Å². The highest BCUT2D eigenvalue weighted by molar-refractivity contribution is 6.48. The van der Waals surface area contributed by atoms with Crippen LogP contribution in [0.15, 0.2) is 17.1 Å². The van der Waals surface area contributed by atoms with E-state index in [1.54, 1.807) is 11.9 Å². The minimum Gasteiger partial charge on any atom is -0.318 e. The number of benzene rings is 1. The van der Waals surface area contributed by atoms with Gasteiger partial charge in [0.25, 0.3) is 0 Å². The molecule has 0 N–H and O–H groups in total. The molecule has 0 aromatic heterocycles. The normalized spacial score (nSPS) is 16.7. The van der Waals surface area contributed by atoms with E-state index in [9.17, 15) is 4.79 Å². The standard InChI is InChI=1S/C16H21N4O.ClHO4/c1-6-20-13-8-11(3)10(2)7-12(13)19(5)15-14(20)9-18(4)16(21)17-15;2-1(3,4)5/h7-8H,6,9H2,1-5H3;(H,2,3,4,5)/q+1;/p-1. The van der Waals surface area contributed by atoms with Crippen molar-refractivity contribution in [2.75, 3.05) is 32.1 Å². The number of aliphatic imine (C=N–C) groups is 1. The van der Waals surface area contributed by atoms with Gasteiger partial charge in [-0.2, -0.15) is 9.57 Å². The van der Waals surface area contributed by atoms with E-state index in [2.05, 4.69) is 42.5 Å². The van der Waals surface area contributed by atoms with Gasteiger partial charge in [-0.15, -0.1) is 10.2 Å². The van der Waals surface area contributed by atoms with Crippen molar-refractivity contribution >= 4 is 29.0 Å². The minimum absolute atomic E-state index is 0.177. The Morgan fingerprint density at radius 1 is 1.15 bits per heavy atom. The van der Waals surface area contributed by atoms with Crippen LogP contribution in [0.5, 0.6) is 0 Å². The molecular formula is C16H21ClN4O5. The molecule has 26 heavy (non-hydrogen) atoms. The predicted molar refractivity (Wildman–Crippen MR) is 85.2 cm³/mol. The molecule has 0 atom stereocenters.